The monoisotopic (exact) mass is 303 g/mol. The van der Waals surface area contributed by atoms with Crippen molar-refractivity contribution in [3.8, 4) is 0 Å². The lowest BCUT2D eigenvalue weighted by Crippen LogP contribution is -2.40. The third kappa shape index (κ3) is 3.18. The van der Waals surface area contributed by atoms with Crippen LogP contribution < -0.4 is 0 Å². The molecule has 0 saturated heterocycles. The smallest absolute Gasteiger partial charge is 0.357 e. The summed E-state index contributed by atoms with van der Waals surface area (Å²) in [6, 6.07) is -0.265. The van der Waals surface area contributed by atoms with Crippen molar-refractivity contribution in [1.29, 1.82) is 0 Å². The van der Waals surface area contributed by atoms with Crippen molar-refractivity contribution in [2.24, 2.45) is 5.92 Å². The maximum Gasteiger partial charge on any atom is 0.357 e. The van der Waals surface area contributed by atoms with Gasteiger partial charge in [0.2, 0.25) is 10.0 Å². The summed E-state index contributed by atoms with van der Waals surface area (Å²) in [6.45, 7) is 9.16. The van der Waals surface area contributed by atoms with E-state index in [9.17, 15) is 13.2 Å². The molecule has 0 amide bonds. The topological polar surface area (TPSA) is 103 Å². The average molecular weight is 303 g/mol. The van der Waals surface area contributed by atoms with Gasteiger partial charge in [-0.2, -0.15) is 9.40 Å². The van der Waals surface area contributed by atoms with Gasteiger partial charge < -0.3 is 5.11 Å². The molecule has 0 unspecified atom stereocenters. The van der Waals surface area contributed by atoms with Gasteiger partial charge in [-0.3, -0.25) is 5.10 Å². The molecular formula is C12H21N3O4S. The quantitative estimate of drug-likeness (QED) is 0.828. The highest BCUT2D eigenvalue weighted by Crippen LogP contribution is 2.24. The number of rotatable bonds is 6. The van der Waals surface area contributed by atoms with Crippen molar-refractivity contribution < 1.29 is 18.3 Å². The van der Waals surface area contributed by atoms with Gasteiger partial charge in [-0.25, -0.2) is 13.2 Å². The number of carboxylic acids is 1. The van der Waals surface area contributed by atoms with E-state index < -0.39 is 21.7 Å². The van der Waals surface area contributed by atoms with Crippen molar-refractivity contribution in [2.45, 2.75) is 45.6 Å². The van der Waals surface area contributed by atoms with Gasteiger partial charge in [0.25, 0.3) is 0 Å². The summed E-state index contributed by atoms with van der Waals surface area (Å²) in [5.41, 5.74) is -0.228. The minimum absolute atomic E-state index is 0.132. The van der Waals surface area contributed by atoms with Crippen LogP contribution in [0.3, 0.4) is 0 Å². The molecule has 0 fully saturated rings. The standard InChI is InChI=1S/C12H21N3O4S/c1-7(2)6-15(8(3)4)20(18,19)11-9(5)13-14-10(11)12(16)17/h7-8H,6H2,1-5H3,(H,13,14)(H,16,17). The zero-order valence-corrected chi connectivity index (χ0v) is 13.2. The highest BCUT2D eigenvalue weighted by Gasteiger charge is 2.35. The number of sulfonamides is 1. The Bertz CT molecular complexity index is 590. The number of carboxylic acid groups (broad SMARTS) is 1. The summed E-state index contributed by atoms with van der Waals surface area (Å²) in [5, 5.41) is 15.1. The zero-order valence-electron chi connectivity index (χ0n) is 12.3. The van der Waals surface area contributed by atoms with E-state index >= 15 is 0 Å². The molecule has 1 heterocycles. The Morgan fingerprint density at radius 1 is 1.35 bits per heavy atom. The Kier molecular flexibility index (Phi) is 4.93. The van der Waals surface area contributed by atoms with Gasteiger partial charge in [0, 0.05) is 12.6 Å². The first-order valence-corrected chi connectivity index (χ1v) is 7.83. The molecule has 0 saturated carbocycles. The van der Waals surface area contributed by atoms with Crippen LogP contribution in [-0.4, -0.2) is 46.6 Å². The second kappa shape index (κ2) is 5.92. The molecule has 1 aromatic rings. The fraction of sp³-hybridized carbons (Fsp3) is 0.667. The molecule has 0 aliphatic rings. The number of aromatic carboxylic acids is 1. The van der Waals surface area contributed by atoms with Gasteiger partial charge in [-0.1, -0.05) is 13.8 Å². The number of aromatic nitrogens is 2. The number of H-pyrrole nitrogens is 1. The first-order chi connectivity index (χ1) is 9.09. The van der Waals surface area contributed by atoms with E-state index in [0.717, 1.165) is 0 Å². The lowest BCUT2D eigenvalue weighted by molar-refractivity contribution is 0.0686. The zero-order chi connectivity index (χ0) is 15.7. The number of nitrogens with zero attached hydrogens (tertiary/aromatic N) is 2. The molecular weight excluding hydrogens is 282 g/mol. The number of hydrogen-bond acceptors (Lipinski definition) is 4. The van der Waals surface area contributed by atoms with E-state index in [2.05, 4.69) is 10.2 Å². The molecule has 2 N–H and O–H groups in total. The van der Waals surface area contributed by atoms with Crippen molar-refractivity contribution >= 4 is 16.0 Å². The second-order valence-electron chi connectivity index (χ2n) is 5.39. The largest absolute Gasteiger partial charge is 0.476 e. The molecule has 0 aliphatic heterocycles. The first kappa shape index (κ1) is 16.6. The Morgan fingerprint density at radius 2 is 1.90 bits per heavy atom. The highest BCUT2D eigenvalue weighted by molar-refractivity contribution is 7.89. The van der Waals surface area contributed by atoms with E-state index in [4.69, 9.17) is 5.11 Å². The van der Waals surface area contributed by atoms with Crippen LogP contribution in [0.1, 0.15) is 43.9 Å². The van der Waals surface area contributed by atoms with Crippen molar-refractivity contribution in [2.75, 3.05) is 6.54 Å². The number of aryl methyl sites for hydroxylation is 1. The second-order valence-corrected chi connectivity index (χ2v) is 7.22. The number of nitrogens with one attached hydrogen (secondary N) is 1. The van der Waals surface area contributed by atoms with E-state index in [1.807, 2.05) is 13.8 Å². The highest BCUT2D eigenvalue weighted by atomic mass is 32.2. The Labute approximate surface area is 119 Å². The van der Waals surface area contributed by atoms with Gasteiger partial charge in [0.1, 0.15) is 4.90 Å². The van der Waals surface area contributed by atoms with Crippen LogP contribution in [0.15, 0.2) is 4.90 Å². The van der Waals surface area contributed by atoms with Crippen LogP contribution in [0.2, 0.25) is 0 Å². The fourth-order valence-electron chi connectivity index (χ4n) is 1.94. The predicted octanol–water partition coefficient (Wildman–Crippen LogP) is 1.47. The van der Waals surface area contributed by atoms with Crippen molar-refractivity contribution in [3.63, 3.8) is 0 Å². The molecule has 0 aromatic carbocycles. The fourth-order valence-corrected chi connectivity index (χ4v) is 4.04. The molecule has 0 radical (unpaired) electrons. The molecule has 114 valence electrons. The van der Waals surface area contributed by atoms with Crippen molar-refractivity contribution in [3.05, 3.63) is 11.4 Å². The summed E-state index contributed by atoms with van der Waals surface area (Å²) in [7, 11) is -3.90. The van der Waals surface area contributed by atoms with Crippen LogP contribution >= 0.6 is 0 Å². The van der Waals surface area contributed by atoms with Crippen LogP contribution in [0.4, 0.5) is 0 Å². The van der Waals surface area contributed by atoms with E-state index in [1.165, 1.54) is 11.2 Å². The molecule has 8 heteroatoms. The molecule has 0 spiro atoms. The Morgan fingerprint density at radius 3 is 2.30 bits per heavy atom. The lowest BCUT2D eigenvalue weighted by atomic mass is 10.2. The summed E-state index contributed by atoms with van der Waals surface area (Å²) in [6.07, 6.45) is 0. The molecule has 20 heavy (non-hydrogen) atoms. The molecule has 1 aromatic heterocycles. The molecule has 0 atom stereocenters. The lowest BCUT2D eigenvalue weighted by Gasteiger charge is -2.27. The maximum atomic E-state index is 12.7. The average Bonchev–Trinajstić information content (AvgIpc) is 2.68. The number of carbonyl (C=O) groups is 1. The molecule has 0 bridgehead atoms. The van der Waals surface area contributed by atoms with Crippen LogP contribution in [0, 0.1) is 12.8 Å². The Hall–Kier alpha value is -1.41. The summed E-state index contributed by atoms with van der Waals surface area (Å²) in [5.74, 6) is -1.23. The minimum Gasteiger partial charge on any atom is -0.476 e. The SMILES string of the molecule is Cc1[nH]nc(C(=O)O)c1S(=O)(=O)N(CC(C)C)C(C)C. The predicted molar refractivity (Wildman–Crippen MR) is 74.1 cm³/mol. The van der Waals surface area contributed by atoms with Crippen LogP contribution in [0.5, 0.6) is 0 Å². The van der Waals surface area contributed by atoms with E-state index in [1.54, 1.807) is 13.8 Å². The van der Waals surface area contributed by atoms with E-state index in [0.29, 0.717) is 6.54 Å². The number of hydrogen-bond donors (Lipinski definition) is 2. The molecule has 7 nitrogen and oxygen atoms in total. The van der Waals surface area contributed by atoms with Crippen LogP contribution in [0.25, 0.3) is 0 Å². The third-order valence-electron chi connectivity index (χ3n) is 2.78. The number of aromatic amines is 1. The minimum atomic E-state index is -3.90. The molecule has 0 aliphatic carbocycles. The normalized spacial score (nSPS) is 12.6. The van der Waals surface area contributed by atoms with Gasteiger partial charge in [-0.05, 0) is 26.7 Å². The summed E-state index contributed by atoms with van der Waals surface area (Å²) >= 11 is 0. The first-order valence-electron chi connectivity index (χ1n) is 6.39. The van der Waals surface area contributed by atoms with Gasteiger partial charge in [0.15, 0.2) is 5.69 Å². The summed E-state index contributed by atoms with van der Waals surface area (Å²) in [4.78, 5) is 10.9. The van der Waals surface area contributed by atoms with Gasteiger partial charge in [0.05, 0.1) is 5.69 Å². The Balaban J connectivity index is 3.41. The summed E-state index contributed by atoms with van der Waals surface area (Å²) < 4.78 is 26.7. The molecule has 1 rings (SSSR count). The van der Waals surface area contributed by atoms with E-state index in [-0.39, 0.29) is 22.5 Å². The van der Waals surface area contributed by atoms with Gasteiger partial charge >= 0.3 is 5.97 Å². The van der Waals surface area contributed by atoms with Crippen LogP contribution in [-0.2, 0) is 10.0 Å². The third-order valence-corrected chi connectivity index (χ3v) is 4.99. The van der Waals surface area contributed by atoms with Crippen molar-refractivity contribution in [1.82, 2.24) is 14.5 Å². The van der Waals surface area contributed by atoms with Gasteiger partial charge in [-0.15, -0.1) is 0 Å². The maximum absolute atomic E-state index is 12.7.